The molecule has 0 unspecified atom stereocenters. The number of hydrogen-bond acceptors (Lipinski definition) is 2. The van der Waals surface area contributed by atoms with Crippen molar-refractivity contribution in [2.24, 2.45) is 50.2 Å². The second kappa shape index (κ2) is 7.64. The van der Waals surface area contributed by atoms with Gasteiger partial charge >= 0.3 is 0 Å². The Morgan fingerprint density at radius 2 is 1.29 bits per heavy atom. The minimum atomic E-state index is 0.315. The first-order valence-electron chi connectivity index (χ1n) is 16.0. The minimum Gasteiger partial charge on any atom is -0.249 e. The van der Waals surface area contributed by atoms with E-state index in [1.54, 1.807) is 0 Å². The lowest BCUT2D eigenvalue weighted by molar-refractivity contribution is -0.252. The summed E-state index contributed by atoms with van der Waals surface area (Å²) in [5.41, 5.74) is 7.42. The van der Waals surface area contributed by atoms with Crippen molar-refractivity contribution in [3.63, 3.8) is 0 Å². The van der Waals surface area contributed by atoms with E-state index in [2.05, 4.69) is 79.7 Å². The second-order valence-electron chi connectivity index (χ2n) is 17.0. The summed E-state index contributed by atoms with van der Waals surface area (Å²) in [4.78, 5) is 10.5. The van der Waals surface area contributed by atoms with Gasteiger partial charge in [-0.1, -0.05) is 67.5 Å². The zero-order valence-corrected chi connectivity index (χ0v) is 25.6. The largest absolute Gasteiger partial charge is 0.249 e. The van der Waals surface area contributed by atoms with Crippen molar-refractivity contribution in [1.29, 1.82) is 0 Å². The van der Waals surface area contributed by atoms with Crippen molar-refractivity contribution in [2.75, 3.05) is 0 Å². The maximum absolute atomic E-state index is 5.29. The number of aromatic nitrogens is 2. The smallest absolute Gasteiger partial charge is 0.0890 e. The molecule has 5 aliphatic carbocycles. The molecule has 0 aliphatic heterocycles. The molecule has 7 rings (SSSR count). The summed E-state index contributed by atoms with van der Waals surface area (Å²) in [6.07, 6.45) is 13.9. The van der Waals surface area contributed by atoms with E-state index in [1.807, 2.05) is 0 Å². The fraction of sp³-hybridized carbons (Fsp3) is 0.778. The Morgan fingerprint density at radius 3 is 2.03 bits per heavy atom. The number of rotatable bonds is 0. The molecule has 2 aromatic rings. The number of nitrogens with zero attached hydrogens (tertiary/aromatic N) is 2. The Hall–Kier alpha value is -1.44. The van der Waals surface area contributed by atoms with Gasteiger partial charge in [-0.25, -0.2) is 9.97 Å². The third-order valence-corrected chi connectivity index (χ3v) is 15.0. The Balaban J connectivity index is 1.30. The van der Waals surface area contributed by atoms with Gasteiger partial charge in [-0.2, -0.15) is 0 Å². The quantitative estimate of drug-likeness (QED) is 0.351. The van der Waals surface area contributed by atoms with E-state index in [1.165, 1.54) is 69.2 Å². The van der Waals surface area contributed by atoms with Crippen LogP contribution in [0.3, 0.4) is 0 Å². The van der Waals surface area contributed by atoms with E-state index in [0.29, 0.717) is 44.3 Å². The van der Waals surface area contributed by atoms with Crippen molar-refractivity contribution in [3.05, 3.63) is 35.7 Å². The van der Waals surface area contributed by atoms with Crippen LogP contribution in [0, 0.1) is 50.2 Å². The summed E-state index contributed by atoms with van der Waals surface area (Å²) >= 11 is 0. The van der Waals surface area contributed by atoms with Gasteiger partial charge < -0.3 is 0 Å². The molecule has 0 radical (unpaired) electrons. The molecule has 2 nitrogen and oxygen atoms in total. The average molecular weight is 513 g/mol. The van der Waals surface area contributed by atoms with Gasteiger partial charge in [0.05, 0.1) is 22.4 Å². The molecule has 1 aromatic carbocycles. The van der Waals surface area contributed by atoms with E-state index in [-0.39, 0.29) is 0 Å². The molecule has 0 spiro atoms. The van der Waals surface area contributed by atoms with Crippen molar-refractivity contribution < 1.29 is 0 Å². The van der Waals surface area contributed by atoms with E-state index in [4.69, 9.17) is 9.97 Å². The molecule has 4 fully saturated rings. The molecule has 0 N–H and O–H groups in total. The van der Waals surface area contributed by atoms with Crippen LogP contribution in [0.15, 0.2) is 24.3 Å². The fourth-order valence-electron chi connectivity index (χ4n) is 12.2. The third-order valence-electron chi connectivity index (χ3n) is 15.0. The zero-order valence-electron chi connectivity index (χ0n) is 25.6. The van der Waals surface area contributed by atoms with Crippen LogP contribution in [0.1, 0.15) is 130 Å². The first kappa shape index (κ1) is 25.5. The second-order valence-corrected chi connectivity index (χ2v) is 17.0. The number of benzene rings is 1. The molecule has 0 bridgehead atoms. The minimum absolute atomic E-state index is 0.315. The monoisotopic (exact) mass is 512 g/mol. The molecule has 4 saturated carbocycles. The van der Waals surface area contributed by atoms with Crippen LogP contribution in [0.5, 0.6) is 0 Å². The maximum Gasteiger partial charge on any atom is 0.0890 e. The van der Waals surface area contributed by atoms with Gasteiger partial charge in [-0.3, -0.25) is 0 Å². The highest BCUT2D eigenvalue weighted by Crippen LogP contribution is 2.78. The summed E-state index contributed by atoms with van der Waals surface area (Å²) in [6.45, 7) is 21.2. The van der Waals surface area contributed by atoms with Crippen LogP contribution in [0.25, 0.3) is 11.0 Å². The first-order chi connectivity index (χ1) is 17.8. The Bertz CT molecular complexity index is 1300. The third kappa shape index (κ3) is 3.07. The summed E-state index contributed by atoms with van der Waals surface area (Å²) < 4.78 is 0. The van der Waals surface area contributed by atoms with Gasteiger partial charge in [0.2, 0.25) is 0 Å². The standard InChI is InChI=1S/C36H52N2/c1-23-30-26(37-24-11-9-10-12-25(24)38-30)21-28-33(23,5)14-13-27-34(28,6)18-20-36(8)29-22-31(2,3)15-16-32(29,4)17-19-35(27,36)7/h9-12,23,27-29H,13-22H2,1-8H3/t23-,27-,28+,29+,32+,33+,34+,35+,36-/m0/s1. The highest BCUT2D eigenvalue weighted by atomic mass is 14.9. The van der Waals surface area contributed by atoms with Crippen molar-refractivity contribution in [3.8, 4) is 0 Å². The molecular formula is C36H52N2. The van der Waals surface area contributed by atoms with E-state index >= 15 is 0 Å². The normalized spacial score (nSPS) is 49.3. The molecule has 1 heterocycles. The molecular weight excluding hydrogens is 460 g/mol. The highest BCUT2D eigenvalue weighted by molar-refractivity contribution is 5.74. The predicted molar refractivity (Wildman–Crippen MR) is 158 cm³/mol. The summed E-state index contributed by atoms with van der Waals surface area (Å²) in [5.74, 6) is 2.87. The lowest BCUT2D eigenvalue weighted by Crippen LogP contribution is -2.67. The molecule has 38 heavy (non-hydrogen) atoms. The summed E-state index contributed by atoms with van der Waals surface area (Å²) in [7, 11) is 0. The maximum atomic E-state index is 5.29. The van der Waals surface area contributed by atoms with Crippen LogP contribution >= 0.6 is 0 Å². The molecule has 2 heteroatoms. The number of hydrogen-bond donors (Lipinski definition) is 0. The van der Waals surface area contributed by atoms with Gasteiger partial charge in [0.1, 0.15) is 0 Å². The van der Waals surface area contributed by atoms with E-state index in [0.717, 1.165) is 29.3 Å². The zero-order chi connectivity index (χ0) is 26.9. The SMILES string of the molecule is C[C@H]1c2nc3ccccc3nc2C[C@@H]2[C@]1(C)CC[C@H]1[C@@]2(C)CC[C@@]2(C)[C@@H]3CC(C)(C)CC[C@]3(C)CC[C@]12C. The molecule has 5 aliphatic rings. The van der Waals surface area contributed by atoms with Crippen molar-refractivity contribution in [1.82, 2.24) is 9.97 Å². The van der Waals surface area contributed by atoms with Gasteiger partial charge in [0.25, 0.3) is 0 Å². The van der Waals surface area contributed by atoms with Crippen LogP contribution in [0.2, 0.25) is 0 Å². The van der Waals surface area contributed by atoms with Gasteiger partial charge in [0, 0.05) is 5.92 Å². The van der Waals surface area contributed by atoms with Gasteiger partial charge in [-0.05, 0) is 127 Å². The van der Waals surface area contributed by atoms with Crippen molar-refractivity contribution in [2.45, 2.75) is 126 Å². The lowest BCUT2D eigenvalue weighted by atomic mass is 9.30. The van der Waals surface area contributed by atoms with Crippen molar-refractivity contribution >= 4 is 11.0 Å². The van der Waals surface area contributed by atoms with E-state index < -0.39 is 0 Å². The Kier molecular flexibility index (Phi) is 5.13. The van der Waals surface area contributed by atoms with E-state index in [9.17, 15) is 0 Å². The molecule has 0 saturated heterocycles. The summed E-state index contributed by atoms with van der Waals surface area (Å²) in [6, 6.07) is 8.53. The average Bonchev–Trinajstić information content (AvgIpc) is 2.87. The molecule has 9 atom stereocenters. The molecule has 1 aromatic heterocycles. The Morgan fingerprint density at radius 1 is 0.658 bits per heavy atom. The van der Waals surface area contributed by atoms with Gasteiger partial charge in [-0.15, -0.1) is 0 Å². The number of para-hydroxylation sites is 2. The number of fused-ring (bicyclic) bond motifs is 9. The fourth-order valence-corrected chi connectivity index (χ4v) is 12.2. The topological polar surface area (TPSA) is 25.8 Å². The predicted octanol–water partition coefficient (Wildman–Crippen LogP) is 9.76. The summed E-state index contributed by atoms with van der Waals surface area (Å²) in [5, 5.41) is 0. The Labute approximate surface area is 232 Å². The molecule has 206 valence electrons. The van der Waals surface area contributed by atoms with Crippen LogP contribution in [-0.2, 0) is 6.42 Å². The van der Waals surface area contributed by atoms with Crippen LogP contribution in [-0.4, -0.2) is 9.97 Å². The highest BCUT2D eigenvalue weighted by Gasteiger charge is 2.70. The van der Waals surface area contributed by atoms with Crippen LogP contribution in [0.4, 0.5) is 0 Å². The van der Waals surface area contributed by atoms with Gasteiger partial charge in [0.15, 0.2) is 0 Å². The first-order valence-corrected chi connectivity index (χ1v) is 16.0. The van der Waals surface area contributed by atoms with Crippen LogP contribution < -0.4 is 0 Å². The molecule has 0 amide bonds. The lowest BCUT2D eigenvalue weighted by Gasteiger charge is -2.74.